The fraction of sp³-hybridized carbons (Fsp3) is 0.333. The molecule has 0 radical (unpaired) electrons. The number of amides is 1. The van der Waals surface area contributed by atoms with Crippen molar-refractivity contribution >= 4 is 41.5 Å². The van der Waals surface area contributed by atoms with Gasteiger partial charge in [-0.15, -0.1) is 24.0 Å². The van der Waals surface area contributed by atoms with Gasteiger partial charge in [-0.3, -0.25) is 9.79 Å². The standard InChI is InChI=1S/C21H28N4O2.HI/c1-5-16-9-8-11-18(13-16)24-20(26)14-23-21(22-2)25(3)15-17-10-6-7-12-19(17)27-4;/h6-13H,5,14-15H2,1-4H3,(H,22,23)(H,24,26);1H. The van der Waals surface area contributed by atoms with Crippen LogP contribution in [0.15, 0.2) is 53.5 Å². The van der Waals surface area contributed by atoms with Gasteiger partial charge in [-0.1, -0.05) is 37.3 Å². The van der Waals surface area contributed by atoms with Crippen LogP contribution in [-0.4, -0.2) is 44.5 Å². The lowest BCUT2D eigenvalue weighted by atomic mass is 10.1. The quantitative estimate of drug-likeness (QED) is 0.350. The topological polar surface area (TPSA) is 66.0 Å². The average Bonchev–Trinajstić information content (AvgIpc) is 2.69. The van der Waals surface area contributed by atoms with E-state index in [1.54, 1.807) is 14.2 Å². The molecular formula is C21H29IN4O2. The maximum absolute atomic E-state index is 12.2. The molecule has 28 heavy (non-hydrogen) atoms. The number of aryl methyl sites for hydroxylation is 1. The first-order valence-corrected chi connectivity index (χ1v) is 8.99. The molecule has 2 aromatic carbocycles. The predicted octanol–water partition coefficient (Wildman–Crippen LogP) is 3.52. The van der Waals surface area contributed by atoms with Crippen molar-refractivity contribution < 1.29 is 9.53 Å². The number of carbonyl (C=O) groups excluding carboxylic acids is 1. The number of hydrogen-bond donors (Lipinski definition) is 2. The van der Waals surface area contributed by atoms with Gasteiger partial charge in [0.15, 0.2) is 5.96 Å². The summed E-state index contributed by atoms with van der Waals surface area (Å²) in [5, 5.41) is 6.01. The molecule has 0 atom stereocenters. The Balaban J connectivity index is 0.00000392. The van der Waals surface area contributed by atoms with E-state index in [-0.39, 0.29) is 36.4 Å². The van der Waals surface area contributed by atoms with E-state index >= 15 is 0 Å². The molecule has 7 heteroatoms. The van der Waals surface area contributed by atoms with Crippen molar-refractivity contribution in [2.45, 2.75) is 19.9 Å². The molecule has 0 saturated heterocycles. The van der Waals surface area contributed by atoms with Crippen LogP contribution in [0, 0.1) is 0 Å². The van der Waals surface area contributed by atoms with Crippen LogP contribution in [0.5, 0.6) is 5.75 Å². The highest BCUT2D eigenvalue weighted by Crippen LogP contribution is 2.18. The molecular weight excluding hydrogens is 467 g/mol. The van der Waals surface area contributed by atoms with Crippen molar-refractivity contribution in [1.82, 2.24) is 10.2 Å². The van der Waals surface area contributed by atoms with Crippen LogP contribution in [0.4, 0.5) is 5.69 Å². The minimum absolute atomic E-state index is 0. The Labute approximate surface area is 184 Å². The smallest absolute Gasteiger partial charge is 0.243 e. The van der Waals surface area contributed by atoms with E-state index in [4.69, 9.17) is 4.74 Å². The minimum atomic E-state index is -0.116. The van der Waals surface area contributed by atoms with Crippen LogP contribution in [0.25, 0.3) is 0 Å². The lowest BCUT2D eigenvalue weighted by molar-refractivity contribution is -0.115. The molecule has 2 rings (SSSR count). The number of benzene rings is 2. The maximum atomic E-state index is 12.2. The summed E-state index contributed by atoms with van der Waals surface area (Å²) in [5.41, 5.74) is 3.04. The predicted molar refractivity (Wildman–Crippen MR) is 126 cm³/mol. The molecule has 0 aliphatic rings. The number of rotatable bonds is 7. The Morgan fingerprint density at radius 2 is 1.93 bits per heavy atom. The zero-order valence-corrected chi connectivity index (χ0v) is 19.2. The van der Waals surface area contributed by atoms with Crippen molar-refractivity contribution in [3.05, 3.63) is 59.7 Å². The van der Waals surface area contributed by atoms with Gasteiger partial charge in [0.25, 0.3) is 0 Å². The largest absolute Gasteiger partial charge is 0.496 e. The number of anilines is 1. The highest BCUT2D eigenvalue weighted by molar-refractivity contribution is 14.0. The number of para-hydroxylation sites is 1. The number of methoxy groups -OCH3 is 1. The number of nitrogens with zero attached hydrogens (tertiary/aromatic N) is 2. The SMILES string of the molecule is CCc1cccc(NC(=O)CNC(=NC)N(C)Cc2ccccc2OC)c1.I. The minimum Gasteiger partial charge on any atom is -0.496 e. The van der Waals surface area contributed by atoms with Gasteiger partial charge in [-0.25, -0.2) is 0 Å². The first kappa shape index (κ1) is 23.7. The molecule has 0 fully saturated rings. The van der Waals surface area contributed by atoms with Gasteiger partial charge in [0.2, 0.25) is 5.91 Å². The second-order valence-electron chi connectivity index (χ2n) is 6.17. The normalized spacial score (nSPS) is 10.6. The summed E-state index contributed by atoms with van der Waals surface area (Å²) in [5.74, 6) is 1.35. The second kappa shape index (κ2) is 12.2. The number of ether oxygens (including phenoxy) is 1. The monoisotopic (exact) mass is 496 g/mol. The molecule has 0 bridgehead atoms. The van der Waals surface area contributed by atoms with E-state index in [1.807, 2.05) is 60.5 Å². The number of guanidine groups is 1. The lowest BCUT2D eigenvalue weighted by Gasteiger charge is -2.23. The molecule has 0 heterocycles. The summed E-state index contributed by atoms with van der Waals surface area (Å²) in [4.78, 5) is 18.5. The fourth-order valence-corrected chi connectivity index (χ4v) is 2.78. The van der Waals surface area contributed by atoms with Crippen molar-refractivity contribution in [3.63, 3.8) is 0 Å². The van der Waals surface area contributed by atoms with Crippen LogP contribution in [0.2, 0.25) is 0 Å². The molecule has 0 aromatic heterocycles. The van der Waals surface area contributed by atoms with Gasteiger partial charge < -0.3 is 20.3 Å². The Bertz CT molecular complexity index is 795. The fourth-order valence-electron chi connectivity index (χ4n) is 2.78. The van der Waals surface area contributed by atoms with Crippen molar-refractivity contribution in [2.75, 3.05) is 33.1 Å². The molecule has 1 amide bonds. The van der Waals surface area contributed by atoms with Crippen molar-refractivity contribution in [3.8, 4) is 5.75 Å². The highest BCUT2D eigenvalue weighted by Gasteiger charge is 2.11. The summed E-state index contributed by atoms with van der Waals surface area (Å²) < 4.78 is 5.39. The summed E-state index contributed by atoms with van der Waals surface area (Å²) >= 11 is 0. The third-order valence-electron chi connectivity index (χ3n) is 4.20. The number of aliphatic imine (C=N–C) groups is 1. The first-order chi connectivity index (χ1) is 13.1. The van der Waals surface area contributed by atoms with E-state index in [9.17, 15) is 4.79 Å². The van der Waals surface area contributed by atoms with E-state index in [1.165, 1.54) is 5.56 Å². The molecule has 152 valence electrons. The zero-order chi connectivity index (χ0) is 19.6. The Kier molecular flexibility index (Phi) is 10.4. The number of nitrogens with one attached hydrogen (secondary N) is 2. The number of halogens is 1. The van der Waals surface area contributed by atoms with Gasteiger partial charge >= 0.3 is 0 Å². The van der Waals surface area contributed by atoms with E-state index < -0.39 is 0 Å². The van der Waals surface area contributed by atoms with Gasteiger partial charge in [0, 0.05) is 31.9 Å². The third-order valence-corrected chi connectivity index (χ3v) is 4.20. The molecule has 0 aliphatic carbocycles. The maximum Gasteiger partial charge on any atom is 0.243 e. The van der Waals surface area contributed by atoms with Gasteiger partial charge in [0.05, 0.1) is 13.7 Å². The summed E-state index contributed by atoms with van der Waals surface area (Å²) in [7, 11) is 5.28. The van der Waals surface area contributed by atoms with Crippen LogP contribution in [0.1, 0.15) is 18.1 Å². The molecule has 0 aliphatic heterocycles. The molecule has 0 saturated carbocycles. The van der Waals surface area contributed by atoms with Crippen LogP contribution in [-0.2, 0) is 17.8 Å². The van der Waals surface area contributed by atoms with Gasteiger partial charge in [0.1, 0.15) is 5.75 Å². The summed E-state index contributed by atoms with van der Waals surface area (Å²) in [6.07, 6.45) is 0.933. The van der Waals surface area contributed by atoms with Crippen LogP contribution in [0.3, 0.4) is 0 Å². The Morgan fingerprint density at radius 3 is 2.61 bits per heavy atom. The van der Waals surface area contributed by atoms with E-state index in [0.29, 0.717) is 12.5 Å². The average molecular weight is 496 g/mol. The van der Waals surface area contributed by atoms with E-state index in [0.717, 1.165) is 23.4 Å². The van der Waals surface area contributed by atoms with Gasteiger partial charge in [-0.2, -0.15) is 0 Å². The number of hydrogen-bond acceptors (Lipinski definition) is 3. The van der Waals surface area contributed by atoms with E-state index in [2.05, 4.69) is 22.5 Å². The molecule has 6 nitrogen and oxygen atoms in total. The Morgan fingerprint density at radius 1 is 1.18 bits per heavy atom. The van der Waals surface area contributed by atoms with Gasteiger partial charge in [-0.05, 0) is 30.2 Å². The van der Waals surface area contributed by atoms with Crippen molar-refractivity contribution in [2.24, 2.45) is 4.99 Å². The second-order valence-corrected chi connectivity index (χ2v) is 6.17. The molecule has 0 unspecified atom stereocenters. The zero-order valence-electron chi connectivity index (χ0n) is 16.9. The molecule has 2 aromatic rings. The lowest BCUT2D eigenvalue weighted by Crippen LogP contribution is -2.42. The first-order valence-electron chi connectivity index (χ1n) is 8.99. The highest BCUT2D eigenvalue weighted by atomic mass is 127. The third kappa shape index (κ3) is 7.03. The number of carbonyl (C=O) groups is 1. The van der Waals surface area contributed by atoms with Crippen LogP contribution < -0.4 is 15.4 Å². The summed E-state index contributed by atoms with van der Waals surface area (Å²) in [6.45, 7) is 2.84. The molecule has 2 N–H and O–H groups in total. The van der Waals surface area contributed by atoms with Crippen molar-refractivity contribution in [1.29, 1.82) is 0 Å². The molecule has 0 spiro atoms. The van der Waals surface area contributed by atoms with Crippen LogP contribution >= 0.6 is 24.0 Å². The Hall–Kier alpha value is -2.29. The summed E-state index contributed by atoms with van der Waals surface area (Å²) in [6, 6.07) is 15.7.